The van der Waals surface area contributed by atoms with E-state index in [-0.39, 0.29) is 5.41 Å². The van der Waals surface area contributed by atoms with Crippen molar-refractivity contribution in [2.24, 2.45) is 5.41 Å². The fraction of sp³-hybridized carbons (Fsp3) is 0.600. The molecule has 0 N–H and O–H groups in total. The number of aromatic nitrogens is 3. The molecular weight excluding hydrogens is 303 g/mol. The lowest BCUT2D eigenvalue weighted by Crippen LogP contribution is -2.42. The van der Waals surface area contributed by atoms with Crippen molar-refractivity contribution in [3.8, 4) is 11.8 Å². The molecule has 0 bridgehead atoms. The maximum atomic E-state index is 4.02. The van der Waals surface area contributed by atoms with E-state index in [2.05, 4.69) is 55.1 Å². The first-order valence-corrected chi connectivity index (χ1v) is 5.99. The summed E-state index contributed by atoms with van der Waals surface area (Å²) >= 11 is 2.39. The molecule has 5 heteroatoms. The fourth-order valence-corrected chi connectivity index (χ4v) is 3.34. The summed E-state index contributed by atoms with van der Waals surface area (Å²) < 4.78 is 4.23. The van der Waals surface area contributed by atoms with Gasteiger partial charge in [-0.1, -0.05) is 17.1 Å². The Morgan fingerprint density at radius 3 is 3.07 bits per heavy atom. The second kappa shape index (κ2) is 3.19. The molecule has 1 fully saturated rings. The number of nitrogens with zero attached hydrogens (tertiary/aromatic N) is 4. The molecule has 15 heavy (non-hydrogen) atoms. The second-order valence-corrected chi connectivity index (χ2v) is 5.44. The Kier molecular flexibility index (Phi) is 2.04. The predicted molar refractivity (Wildman–Crippen MR) is 64.0 cm³/mol. The van der Waals surface area contributed by atoms with E-state index in [1.807, 2.05) is 10.9 Å². The molecule has 1 aliphatic carbocycles. The molecule has 0 saturated carbocycles. The highest BCUT2D eigenvalue weighted by Crippen LogP contribution is 2.47. The number of hydrogen-bond donors (Lipinski definition) is 0. The van der Waals surface area contributed by atoms with Crippen LogP contribution in [-0.2, 0) is 6.54 Å². The lowest BCUT2D eigenvalue weighted by atomic mass is 9.74. The van der Waals surface area contributed by atoms with E-state index < -0.39 is 0 Å². The van der Waals surface area contributed by atoms with Crippen molar-refractivity contribution in [1.82, 2.24) is 18.1 Å². The van der Waals surface area contributed by atoms with Crippen LogP contribution in [0.4, 0.5) is 0 Å². The largest absolute Gasteiger partial charge is 0.251 e. The maximum Gasteiger partial charge on any atom is 0.0990 e. The normalized spacial score (nSPS) is 38.0. The zero-order valence-corrected chi connectivity index (χ0v) is 10.5. The van der Waals surface area contributed by atoms with Gasteiger partial charge in [0.05, 0.1) is 24.2 Å². The molecule has 2 heterocycles. The van der Waals surface area contributed by atoms with Crippen LogP contribution in [0.3, 0.4) is 0 Å². The summed E-state index contributed by atoms with van der Waals surface area (Å²) in [5.74, 6) is 6.58. The molecule has 3 rings (SSSR count). The van der Waals surface area contributed by atoms with Gasteiger partial charge in [0.2, 0.25) is 0 Å². The number of hydrogen-bond acceptors (Lipinski definition) is 3. The maximum absolute atomic E-state index is 4.02. The van der Waals surface area contributed by atoms with Crippen LogP contribution in [-0.4, -0.2) is 30.2 Å². The van der Waals surface area contributed by atoms with Gasteiger partial charge >= 0.3 is 0 Å². The zero-order valence-electron chi connectivity index (χ0n) is 8.39. The molecular formula is C10H11IN4. The number of rotatable bonds is 2. The molecule has 1 aromatic heterocycles. The third kappa shape index (κ3) is 1.31. The Morgan fingerprint density at radius 1 is 1.67 bits per heavy atom. The minimum Gasteiger partial charge on any atom is -0.251 e. The summed E-state index contributed by atoms with van der Waals surface area (Å²) in [4.78, 5) is 0. The van der Waals surface area contributed by atoms with E-state index in [4.69, 9.17) is 0 Å². The monoisotopic (exact) mass is 314 g/mol. The van der Waals surface area contributed by atoms with Crippen LogP contribution in [0.15, 0.2) is 12.4 Å². The van der Waals surface area contributed by atoms with Crippen LogP contribution in [0.5, 0.6) is 0 Å². The van der Waals surface area contributed by atoms with Gasteiger partial charge in [0.15, 0.2) is 0 Å². The van der Waals surface area contributed by atoms with Crippen LogP contribution in [0.25, 0.3) is 0 Å². The summed E-state index contributed by atoms with van der Waals surface area (Å²) in [6.45, 7) is 3.12. The molecule has 0 spiro atoms. The highest BCUT2D eigenvalue weighted by Gasteiger charge is 2.53. The fourth-order valence-electron chi connectivity index (χ4n) is 2.47. The first-order chi connectivity index (χ1) is 7.21. The van der Waals surface area contributed by atoms with E-state index in [0.29, 0.717) is 12.1 Å². The molecule has 78 valence electrons. The minimum atomic E-state index is 0.119. The second-order valence-electron chi connectivity index (χ2n) is 4.33. The van der Waals surface area contributed by atoms with E-state index in [0.717, 1.165) is 13.0 Å². The predicted octanol–water partition coefficient (Wildman–Crippen LogP) is 1.09. The minimum absolute atomic E-state index is 0.119. The van der Waals surface area contributed by atoms with Crippen molar-refractivity contribution in [3.05, 3.63) is 12.4 Å². The first kappa shape index (κ1) is 9.60. The summed E-state index contributed by atoms with van der Waals surface area (Å²) in [6, 6.07) is 0.985. The molecule has 1 aliphatic heterocycles. The summed E-state index contributed by atoms with van der Waals surface area (Å²) in [7, 11) is 0. The molecule has 0 radical (unpaired) electrons. The van der Waals surface area contributed by atoms with Gasteiger partial charge in [0, 0.05) is 35.1 Å². The number of fused-ring (bicyclic) bond motifs is 1. The molecule has 1 aromatic rings. The highest BCUT2D eigenvalue weighted by molar-refractivity contribution is 14.1. The molecule has 1 unspecified atom stereocenters. The van der Waals surface area contributed by atoms with E-state index >= 15 is 0 Å². The zero-order chi connectivity index (χ0) is 10.5. The van der Waals surface area contributed by atoms with Gasteiger partial charge < -0.3 is 0 Å². The molecule has 2 aliphatic rings. The van der Waals surface area contributed by atoms with E-state index in [1.165, 1.54) is 0 Å². The molecule has 0 aromatic carbocycles. The van der Waals surface area contributed by atoms with E-state index in [1.54, 1.807) is 6.20 Å². The Morgan fingerprint density at radius 2 is 2.53 bits per heavy atom. The lowest BCUT2D eigenvalue weighted by Gasteiger charge is -2.34. The quantitative estimate of drug-likeness (QED) is 0.466. The Balaban J connectivity index is 1.85. The summed E-state index contributed by atoms with van der Waals surface area (Å²) in [6.07, 6.45) is 4.76. The standard InChI is InChI=1S/C10H11IN4/c1-8-6-10(3-2-9(10)15(8)11)7-14-5-4-12-13-14/h4-5,8-9H,6-7H2,1H3/t8?,9-,10-/m1/s1. The van der Waals surface area contributed by atoms with Crippen molar-refractivity contribution in [2.75, 3.05) is 0 Å². The average molecular weight is 314 g/mol. The Labute approximate surface area is 103 Å². The molecule has 4 nitrogen and oxygen atoms in total. The van der Waals surface area contributed by atoms with Crippen molar-refractivity contribution in [2.45, 2.75) is 32.0 Å². The van der Waals surface area contributed by atoms with Crippen LogP contribution < -0.4 is 0 Å². The average Bonchev–Trinajstić information content (AvgIpc) is 2.71. The van der Waals surface area contributed by atoms with Crippen LogP contribution in [0.2, 0.25) is 0 Å². The first-order valence-electron chi connectivity index (χ1n) is 5.02. The van der Waals surface area contributed by atoms with Gasteiger partial charge in [0.25, 0.3) is 0 Å². The summed E-state index contributed by atoms with van der Waals surface area (Å²) in [5.41, 5.74) is 0.119. The molecule has 1 saturated heterocycles. The Hall–Kier alpha value is -0.610. The van der Waals surface area contributed by atoms with Crippen LogP contribution in [0, 0.1) is 17.3 Å². The van der Waals surface area contributed by atoms with Crippen molar-refractivity contribution in [3.63, 3.8) is 0 Å². The van der Waals surface area contributed by atoms with Crippen molar-refractivity contribution >= 4 is 22.9 Å². The third-order valence-corrected chi connectivity index (χ3v) is 4.73. The third-order valence-electron chi connectivity index (χ3n) is 3.22. The Bertz CT molecular complexity index is 432. The van der Waals surface area contributed by atoms with Crippen LogP contribution >= 0.6 is 22.9 Å². The smallest absolute Gasteiger partial charge is 0.0990 e. The van der Waals surface area contributed by atoms with Crippen molar-refractivity contribution in [1.29, 1.82) is 0 Å². The van der Waals surface area contributed by atoms with Gasteiger partial charge in [-0.15, -0.1) is 5.10 Å². The van der Waals surface area contributed by atoms with Gasteiger partial charge in [0.1, 0.15) is 0 Å². The number of halogens is 1. The lowest BCUT2D eigenvalue weighted by molar-refractivity contribution is 0.277. The van der Waals surface area contributed by atoms with Crippen LogP contribution in [0.1, 0.15) is 13.3 Å². The van der Waals surface area contributed by atoms with Crippen molar-refractivity contribution < 1.29 is 0 Å². The van der Waals surface area contributed by atoms with Gasteiger partial charge in [-0.2, -0.15) is 0 Å². The molecule has 0 amide bonds. The van der Waals surface area contributed by atoms with Gasteiger partial charge in [-0.25, -0.2) is 3.11 Å². The molecule has 3 atom stereocenters. The highest BCUT2D eigenvalue weighted by atomic mass is 127. The van der Waals surface area contributed by atoms with Gasteiger partial charge in [-0.05, 0) is 13.3 Å². The topological polar surface area (TPSA) is 34.0 Å². The van der Waals surface area contributed by atoms with E-state index in [9.17, 15) is 0 Å². The van der Waals surface area contributed by atoms with Gasteiger partial charge in [-0.3, -0.25) is 4.68 Å². The summed E-state index contributed by atoms with van der Waals surface area (Å²) in [5, 5.41) is 7.85. The SMILES string of the molecule is CC1C[C@@]2(Cn3ccnn3)C#C[C@H]2N1I.